The molecule has 0 spiro atoms. The summed E-state index contributed by atoms with van der Waals surface area (Å²) in [5.41, 5.74) is 0. The fourth-order valence-electron chi connectivity index (χ4n) is 1.86. The van der Waals surface area contributed by atoms with Crippen molar-refractivity contribution in [1.82, 2.24) is 4.90 Å². The van der Waals surface area contributed by atoms with E-state index in [0.717, 1.165) is 0 Å². The second kappa shape index (κ2) is 10.9. The molecule has 0 saturated carbocycles. The van der Waals surface area contributed by atoms with Crippen LogP contribution in [0.3, 0.4) is 0 Å². The molecule has 0 unspecified atom stereocenters. The Balaban J connectivity index is 2.51. The Bertz CT molecular complexity index is 492. The molecule has 0 aliphatic carbocycles. The zero-order chi connectivity index (χ0) is 17.1. The molecule has 0 radical (unpaired) electrons. The lowest BCUT2D eigenvalue weighted by molar-refractivity contribution is -0.142. The van der Waals surface area contributed by atoms with Gasteiger partial charge >= 0.3 is 5.97 Å². The van der Waals surface area contributed by atoms with Gasteiger partial charge in [0.15, 0.2) is 6.61 Å². The minimum atomic E-state index is -0.354. The molecule has 128 valence electrons. The van der Waals surface area contributed by atoms with Crippen LogP contribution in [0, 0.1) is 0 Å². The molecular weight excluding hydrogens is 322 g/mol. The second-order valence-electron chi connectivity index (χ2n) is 4.80. The largest absolute Gasteiger partial charge is 0.484 e. The van der Waals surface area contributed by atoms with E-state index in [1.165, 1.54) is 7.11 Å². The molecule has 6 nitrogen and oxygen atoms in total. The van der Waals surface area contributed by atoms with Gasteiger partial charge in [0, 0.05) is 31.8 Å². The molecule has 1 amide bonds. The summed E-state index contributed by atoms with van der Waals surface area (Å²) in [6.45, 7) is 1.22. The topological polar surface area (TPSA) is 65.1 Å². The molecule has 0 aliphatic rings. The summed E-state index contributed by atoms with van der Waals surface area (Å²) >= 11 is 5.79. The van der Waals surface area contributed by atoms with Gasteiger partial charge in [-0.1, -0.05) is 11.6 Å². The Labute approximate surface area is 141 Å². The van der Waals surface area contributed by atoms with Crippen molar-refractivity contribution in [3.8, 4) is 5.75 Å². The van der Waals surface area contributed by atoms with E-state index in [1.807, 2.05) is 0 Å². The highest BCUT2D eigenvalue weighted by atomic mass is 35.5. The number of amides is 1. The van der Waals surface area contributed by atoms with Crippen molar-refractivity contribution < 1.29 is 23.8 Å². The fourth-order valence-corrected chi connectivity index (χ4v) is 1.98. The Morgan fingerprint density at radius 1 is 1.13 bits per heavy atom. The third-order valence-corrected chi connectivity index (χ3v) is 3.37. The second-order valence-corrected chi connectivity index (χ2v) is 5.23. The summed E-state index contributed by atoms with van der Waals surface area (Å²) in [5.74, 6) is 0.0145. The zero-order valence-corrected chi connectivity index (χ0v) is 14.2. The molecule has 1 aromatic carbocycles. The molecule has 23 heavy (non-hydrogen) atoms. The maximum Gasteiger partial charge on any atom is 0.307 e. The van der Waals surface area contributed by atoms with Crippen LogP contribution >= 0.6 is 11.6 Å². The highest BCUT2D eigenvalue weighted by molar-refractivity contribution is 6.30. The maximum atomic E-state index is 12.3. The molecule has 1 aromatic rings. The van der Waals surface area contributed by atoms with E-state index in [9.17, 15) is 9.59 Å². The number of halogens is 1. The first-order valence-electron chi connectivity index (χ1n) is 7.28. The average Bonchev–Trinajstić information content (AvgIpc) is 2.56. The van der Waals surface area contributed by atoms with Crippen LogP contribution in [-0.2, 0) is 19.1 Å². The van der Waals surface area contributed by atoms with Crippen molar-refractivity contribution in [2.75, 3.05) is 40.5 Å². The normalized spacial score (nSPS) is 10.2. The number of carbonyl (C=O) groups excluding carboxylic acids is 2. The Morgan fingerprint density at radius 2 is 1.83 bits per heavy atom. The highest BCUT2D eigenvalue weighted by Gasteiger charge is 2.15. The monoisotopic (exact) mass is 343 g/mol. The number of hydrogen-bond acceptors (Lipinski definition) is 5. The first-order chi connectivity index (χ1) is 11.1. The van der Waals surface area contributed by atoms with Gasteiger partial charge in [-0.25, -0.2) is 0 Å². The van der Waals surface area contributed by atoms with E-state index in [1.54, 1.807) is 36.3 Å². The molecule has 0 aromatic heterocycles. The first-order valence-corrected chi connectivity index (χ1v) is 7.66. The van der Waals surface area contributed by atoms with E-state index < -0.39 is 0 Å². The number of nitrogens with zero attached hydrogens (tertiary/aromatic N) is 1. The lowest BCUT2D eigenvalue weighted by Crippen LogP contribution is -2.37. The maximum absolute atomic E-state index is 12.3. The van der Waals surface area contributed by atoms with E-state index in [2.05, 4.69) is 4.74 Å². The standard InChI is InChI=1S/C16H22ClNO5/c1-21-11-3-9-18(10-8-16(20)22-2)15(19)12-23-14-6-4-13(17)5-7-14/h4-7H,3,8-12H2,1-2H3. The smallest absolute Gasteiger partial charge is 0.307 e. The minimum Gasteiger partial charge on any atom is -0.484 e. The Hall–Kier alpha value is -1.79. The number of rotatable bonds is 10. The Morgan fingerprint density at radius 3 is 2.43 bits per heavy atom. The number of carbonyl (C=O) groups is 2. The average molecular weight is 344 g/mol. The van der Waals surface area contributed by atoms with Crippen LogP contribution in [0.1, 0.15) is 12.8 Å². The van der Waals surface area contributed by atoms with Crippen LogP contribution in [-0.4, -0.2) is 57.3 Å². The van der Waals surface area contributed by atoms with Crippen molar-refractivity contribution in [3.63, 3.8) is 0 Å². The quantitative estimate of drug-likeness (QED) is 0.481. The van der Waals surface area contributed by atoms with Gasteiger partial charge in [-0.05, 0) is 30.7 Å². The lowest BCUT2D eigenvalue weighted by atomic mass is 10.3. The first kappa shape index (κ1) is 19.3. The van der Waals surface area contributed by atoms with Gasteiger partial charge in [-0.3, -0.25) is 9.59 Å². The molecule has 0 saturated heterocycles. The van der Waals surface area contributed by atoms with E-state index >= 15 is 0 Å². The van der Waals surface area contributed by atoms with Crippen LogP contribution in [0.2, 0.25) is 5.02 Å². The van der Waals surface area contributed by atoms with Crippen LogP contribution in [0.15, 0.2) is 24.3 Å². The molecule has 0 heterocycles. The van der Waals surface area contributed by atoms with Crippen molar-refractivity contribution >= 4 is 23.5 Å². The number of benzene rings is 1. The van der Waals surface area contributed by atoms with Crippen molar-refractivity contribution in [2.45, 2.75) is 12.8 Å². The molecule has 1 rings (SSSR count). The summed E-state index contributed by atoms with van der Waals surface area (Å²) in [7, 11) is 2.92. The zero-order valence-electron chi connectivity index (χ0n) is 13.4. The molecule has 0 aliphatic heterocycles. The number of hydrogen-bond donors (Lipinski definition) is 0. The minimum absolute atomic E-state index is 0.101. The number of esters is 1. The Kier molecular flexibility index (Phi) is 9.09. The summed E-state index contributed by atoms with van der Waals surface area (Å²) in [5, 5.41) is 0.600. The molecule has 0 bridgehead atoms. The van der Waals surface area contributed by atoms with Crippen LogP contribution in [0.4, 0.5) is 0 Å². The van der Waals surface area contributed by atoms with E-state index in [-0.39, 0.29) is 24.9 Å². The predicted molar refractivity (Wildman–Crippen MR) is 86.7 cm³/mol. The van der Waals surface area contributed by atoms with Crippen LogP contribution in [0.5, 0.6) is 5.75 Å². The molecule has 0 atom stereocenters. The summed E-state index contributed by atoms with van der Waals surface area (Å²) in [6.07, 6.45) is 0.834. The SMILES string of the molecule is COCCCN(CCC(=O)OC)C(=O)COc1ccc(Cl)cc1. The van der Waals surface area contributed by atoms with Gasteiger partial charge in [0.1, 0.15) is 5.75 Å². The highest BCUT2D eigenvalue weighted by Crippen LogP contribution is 2.15. The summed E-state index contributed by atoms with van der Waals surface area (Å²) in [4.78, 5) is 25.1. The molecule has 0 fully saturated rings. The van der Waals surface area contributed by atoms with E-state index in [0.29, 0.717) is 36.9 Å². The van der Waals surface area contributed by atoms with Crippen molar-refractivity contribution in [1.29, 1.82) is 0 Å². The molecule has 7 heteroatoms. The van der Waals surface area contributed by atoms with Gasteiger partial charge in [0.05, 0.1) is 13.5 Å². The third-order valence-electron chi connectivity index (χ3n) is 3.12. The number of ether oxygens (including phenoxy) is 3. The molecule has 0 N–H and O–H groups in total. The molecular formula is C16H22ClNO5. The van der Waals surface area contributed by atoms with Gasteiger partial charge in [-0.2, -0.15) is 0 Å². The third kappa shape index (κ3) is 7.85. The van der Waals surface area contributed by atoms with Gasteiger partial charge in [0.2, 0.25) is 0 Å². The lowest BCUT2D eigenvalue weighted by Gasteiger charge is -2.22. The number of methoxy groups -OCH3 is 2. The van der Waals surface area contributed by atoms with Gasteiger partial charge in [-0.15, -0.1) is 0 Å². The van der Waals surface area contributed by atoms with Crippen LogP contribution < -0.4 is 4.74 Å². The van der Waals surface area contributed by atoms with E-state index in [4.69, 9.17) is 21.1 Å². The predicted octanol–water partition coefficient (Wildman–Crippen LogP) is 2.15. The summed E-state index contributed by atoms with van der Waals surface area (Å²) < 4.78 is 15.0. The van der Waals surface area contributed by atoms with Crippen molar-refractivity contribution in [2.24, 2.45) is 0 Å². The van der Waals surface area contributed by atoms with Crippen LogP contribution in [0.25, 0.3) is 0 Å². The summed E-state index contributed by atoms with van der Waals surface area (Å²) in [6, 6.07) is 6.77. The van der Waals surface area contributed by atoms with Gasteiger partial charge < -0.3 is 19.1 Å². The van der Waals surface area contributed by atoms with Crippen molar-refractivity contribution in [3.05, 3.63) is 29.3 Å². The fraction of sp³-hybridized carbons (Fsp3) is 0.500. The van der Waals surface area contributed by atoms with Gasteiger partial charge in [0.25, 0.3) is 5.91 Å².